The van der Waals surface area contributed by atoms with Gasteiger partial charge in [-0.25, -0.2) is 0 Å². The molecule has 2 aliphatic heterocycles. The zero-order valence-corrected chi connectivity index (χ0v) is 22.7. The molecule has 0 radical (unpaired) electrons. The number of ether oxygens (including phenoxy) is 1. The summed E-state index contributed by atoms with van der Waals surface area (Å²) in [6.07, 6.45) is 5.60. The predicted molar refractivity (Wildman–Crippen MR) is 156 cm³/mol. The number of nitrogens with zero attached hydrogens (tertiary/aromatic N) is 2. The Bertz CT molecular complexity index is 1590. The average Bonchev–Trinajstić information content (AvgIpc) is 3.45. The molecule has 1 saturated heterocycles. The molecule has 0 unspecified atom stereocenters. The van der Waals surface area contributed by atoms with Crippen molar-refractivity contribution in [1.29, 1.82) is 0 Å². The monoisotopic (exact) mass is 518 g/mol. The van der Waals surface area contributed by atoms with E-state index in [0.29, 0.717) is 0 Å². The van der Waals surface area contributed by atoms with Gasteiger partial charge in [-0.05, 0) is 67.7 Å². The van der Waals surface area contributed by atoms with Crippen LogP contribution in [-0.4, -0.2) is 46.3 Å². The molecule has 2 fully saturated rings. The maximum atomic E-state index is 13.0. The molecule has 1 aromatic heterocycles. The minimum absolute atomic E-state index is 0.126. The lowest BCUT2D eigenvalue weighted by molar-refractivity contribution is -0.118. The maximum Gasteiger partial charge on any atom is 0.235 e. The molecule has 6 heteroatoms. The van der Waals surface area contributed by atoms with Gasteiger partial charge in [0.25, 0.3) is 0 Å². The number of carbonyl (C=O) groups is 1. The van der Waals surface area contributed by atoms with Crippen molar-refractivity contribution in [2.24, 2.45) is 0 Å². The third-order valence-corrected chi connectivity index (χ3v) is 8.60. The highest BCUT2D eigenvalue weighted by atomic mass is 16.5. The SMILES string of the molecule is Cc1ccc2c(c1)[C@]1(C[C@H]1c1ccc3c(/C=C/c4ccc(CN5C[C@@H](C)O[C@@H](C)C5)cc4)n[nH]c3c1)C(=O)N2. The van der Waals surface area contributed by atoms with Crippen LogP contribution in [0.1, 0.15) is 59.7 Å². The smallest absolute Gasteiger partial charge is 0.235 e. The Morgan fingerprint density at radius 1 is 1.03 bits per heavy atom. The fraction of sp³-hybridized carbons (Fsp3) is 0.333. The Morgan fingerprint density at radius 3 is 2.62 bits per heavy atom. The molecule has 0 bridgehead atoms. The van der Waals surface area contributed by atoms with Crippen molar-refractivity contribution in [2.45, 2.75) is 57.3 Å². The quantitative estimate of drug-likeness (QED) is 0.339. The number of hydrogen-bond donors (Lipinski definition) is 2. The van der Waals surface area contributed by atoms with Crippen LogP contribution in [0.25, 0.3) is 23.1 Å². The Kier molecular flexibility index (Phi) is 5.72. The van der Waals surface area contributed by atoms with E-state index in [2.05, 4.69) is 108 Å². The number of rotatable bonds is 5. The van der Waals surface area contributed by atoms with Gasteiger partial charge >= 0.3 is 0 Å². The van der Waals surface area contributed by atoms with Crippen LogP contribution in [0.4, 0.5) is 5.69 Å². The molecule has 39 heavy (non-hydrogen) atoms. The van der Waals surface area contributed by atoms with E-state index in [9.17, 15) is 4.79 Å². The average molecular weight is 519 g/mol. The van der Waals surface area contributed by atoms with Crippen molar-refractivity contribution in [3.63, 3.8) is 0 Å². The summed E-state index contributed by atoms with van der Waals surface area (Å²) in [5.41, 5.74) is 8.44. The van der Waals surface area contributed by atoms with Crippen molar-refractivity contribution in [3.05, 3.63) is 94.2 Å². The van der Waals surface area contributed by atoms with Crippen molar-refractivity contribution >= 4 is 34.6 Å². The lowest BCUT2D eigenvalue weighted by Gasteiger charge is -2.35. The standard InChI is InChI=1S/C33H34N4O2/c1-20-4-12-30-27(14-20)33(32(38)34-30)16-28(33)25-10-11-26-29(35-36-31(26)15-25)13-9-23-5-7-24(8-6-23)19-37-17-21(2)39-22(3)18-37/h4-15,21-22,28H,16-19H2,1-3H3,(H,34,38)(H,35,36)/b13-9+/t21-,22+,28-,33-/m0/s1. The van der Waals surface area contributed by atoms with Crippen LogP contribution >= 0.6 is 0 Å². The first-order chi connectivity index (χ1) is 18.9. The molecular weight excluding hydrogens is 484 g/mol. The molecule has 1 aliphatic carbocycles. The first-order valence-electron chi connectivity index (χ1n) is 13.9. The Balaban J connectivity index is 1.06. The van der Waals surface area contributed by atoms with E-state index >= 15 is 0 Å². The van der Waals surface area contributed by atoms with Gasteiger partial charge in [-0.2, -0.15) is 5.10 Å². The molecule has 6 nitrogen and oxygen atoms in total. The number of aromatic amines is 1. The number of amides is 1. The van der Waals surface area contributed by atoms with Crippen molar-refractivity contribution < 1.29 is 9.53 Å². The van der Waals surface area contributed by atoms with E-state index in [1.165, 1.54) is 16.7 Å². The van der Waals surface area contributed by atoms with E-state index in [0.717, 1.165) is 59.5 Å². The molecule has 4 atom stereocenters. The van der Waals surface area contributed by atoms with Gasteiger partial charge in [-0.1, -0.05) is 60.2 Å². The van der Waals surface area contributed by atoms with Crippen LogP contribution in [0.2, 0.25) is 0 Å². The summed E-state index contributed by atoms with van der Waals surface area (Å²) in [6.45, 7) is 9.27. The second-order valence-corrected chi connectivity index (χ2v) is 11.7. The number of aromatic nitrogens is 2. The number of nitrogens with one attached hydrogen (secondary N) is 2. The summed E-state index contributed by atoms with van der Waals surface area (Å²) < 4.78 is 5.86. The zero-order valence-electron chi connectivity index (χ0n) is 22.7. The number of anilines is 1. The Labute approximate surface area is 229 Å². The van der Waals surface area contributed by atoms with Gasteiger partial charge in [0.1, 0.15) is 0 Å². The highest BCUT2D eigenvalue weighted by Gasteiger charge is 2.65. The molecule has 3 aliphatic rings. The molecule has 198 valence electrons. The molecule has 1 spiro atoms. The third-order valence-electron chi connectivity index (χ3n) is 8.60. The van der Waals surface area contributed by atoms with Crippen LogP contribution in [-0.2, 0) is 21.5 Å². The Morgan fingerprint density at radius 2 is 1.82 bits per heavy atom. The fourth-order valence-electron chi connectivity index (χ4n) is 6.69. The number of benzene rings is 3. The van der Waals surface area contributed by atoms with E-state index in [4.69, 9.17) is 4.74 Å². The van der Waals surface area contributed by atoms with Crippen molar-refractivity contribution in [1.82, 2.24) is 15.1 Å². The number of morpholine rings is 1. The lowest BCUT2D eigenvalue weighted by atomic mass is 9.91. The Hall–Kier alpha value is -3.74. The topological polar surface area (TPSA) is 70.2 Å². The normalized spacial score (nSPS) is 26.4. The minimum atomic E-state index is -0.428. The summed E-state index contributed by atoms with van der Waals surface area (Å²) in [4.78, 5) is 15.5. The zero-order chi connectivity index (χ0) is 26.7. The first-order valence-corrected chi connectivity index (χ1v) is 13.9. The van der Waals surface area contributed by atoms with Crippen LogP contribution in [0, 0.1) is 6.92 Å². The second-order valence-electron chi connectivity index (χ2n) is 11.7. The van der Waals surface area contributed by atoms with Crippen molar-refractivity contribution in [2.75, 3.05) is 18.4 Å². The van der Waals surface area contributed by atoms with E-state index in [-0.39, 0.29) is 24.0 Å². The number of aryl methyl sites for hydroxylation is 1. The van der Waals surface area contributed by atoms with E-state index < -0.39 is 5.41 Å². The first kappa shape index (κ1) is 24.3. The largest absolute Gasteiger partial charge is 0.373 e. The molecule has 2 N–H and O–H groups in total. The number of H-pyrrole nitrogens is 1. The third kappa shape index (κ3) is 4.28. The van der Waals surface area contributed by atoms with Gasteiger partial charge in [-0.15, -0.1) is 0 Å². The van der Waals surface area contributed by atoms with Gasteiger partial charge < -0.3 is 10.1 Å². The molecule has 1 amide bonds. The second kappa shape index (κ2) is 9.18. The van der Waals surface area contributed by atoms with Crippen molar-refractivity contribution in [3.8, 4) is 0 Å². The summed E-state index contributed by atoms with van der Waals surface area (Å²) in [5, 5.41) is 12.0. The van der Waals surface area contributed by atoms with Crippen LogP contribution in [0.3, 0.4) is 0 Å². The molecule has 7 rings (SSSR count). The number of carbonyl (C=O) groups excluding carboxylic acids is 1. The summed E-state index contributed by atoms with van der Waals surface area (Å²) in [7, 11) is 0. The highest BCUT2D eigenvalue weighted by Crippen LogP contribution is 2.65. The molecule has 4 aromatic rings. The van der Waals surface area contributed by atoms with Gasteiger partial charge in [0.2, 0.25) is 5.91 Å². The van der Waals surface area contributed by atoms with Gasteiger partial charge in [0, 0.05) is 36.6 Å². The van der Waals surface area contributed by atoms with Crippen LogP contribution < -0.4 is 5.32 Å². The van der Waals surface area contributed by atoms with E-state index in [1.54, 1.807) is 0 Å². The summed E-state index contributed by atoms with van der Waals surface area (Å²) in [5.74, 6) is 0.316. The minimum Gasteiger partial charge on any atom is -0.373 e. The predicted octanol–water partition coefficient (Wildman–Crippen LogP) is 6.03. The summed E-state index contributed by atoms with van der Waals surface area (Å²) >= 11 is 0. The van der Waals surface area contributed by atoms with E-state index in [1.807, 2.05) is 6.07 Å². The fourth-order valence-corrected chi connectivity index (χ4v) is 6.69. The molecular formula is C33H34N4O2. The lowest BCUT2D eigenvalue weighted by Crippen LogP contribution is -2.44. The van der Waals surface area contributed by atoms with Gasteiger partial charge in [-0.3, -0.25) is 14.8 Å². The molecule has 3 aromatic carbocycles. The maximum absolute atomic E-state index is 13.0. The van der Waals surface area contributed by atoms with Gasteiger partial charge in [0.05, 0.1) is 28.8 Å². The van der Waals surface area contributed by atoms with Gasteiger partial charge in [0.15, 0.2) is 0 Å². The highest BCUT2D eigenvalue weighted by molar-refractivity contribution is 6.10. The number of fused-ring (bicyclic) bond motifs is 3. The van der Waals surface area contributed by atoms with Crippen LogP contribution in [0.15, 0.2) is 60.7 Å². The summed E-state index contributed by atoms with van der Waals surface area (Å²) in [6, 6.07) is 21.5. The van der Waals surface area contributed by atoms with Crippen LogP contribution in [0.5, 0.6) is 0 Å². The molecule has 1 saturated carbocycles. The number of hydrogen-bond acceptors (Lipinski definition) is 4. The molecule has 3 heterocycles.